The molecule has 3 heterocycles. The lowest BCUT2D eigenvalue weighted by Gasteiger charge is -2.43. The van der Waals surface area contributed by atoms with Gasteiger partial charge in [0.2, 0.25) is 13.0 Å². The van der Waals surface area contributed by atoms with E-state index in [4.69, 9.17) is 0 Å². The Balaban J connectivity index is 0.000000226. The lowest BCUT2D eigenvalue weighted by molar-refractivity contribution is -0.174. The standard InChI is InChI=1S/C15H18N4S2.C13H19F3N2O2/c1-10-5-6-14(17-7-10)18-9-20-8-13(16-4)15-11(2)19-12(3)21-15;14-13(15,16)9-20-17-11-1-3-12(4-2-11)5-7-18(10-19)8-6-12/h5-8H,4,9H2,1-3H3,(H,17,18);10H,1-9H2/b13-8-;. The molecule has 2 aromatic heterocycles. The number of carbonyl (C=O) groups excluding carboxylic acids is 1. The van der Waals surface area contributed by atoms with Crippen LogP contribution in [0.2, 0.25) is 0 Å². The predicted molar refractivity (Wildman–Crippen MR) is 161 cm³/mol. The number of nitrogens with one attached hydrogen (secondary N) is 1. The highest BCUT2D eigenvalue weighted by atomic mass is 32.2. The van der Waals surface area contributed by atoms with Gasteiger partial charge in [0.15, 0.2) is 0 Å². The Morgan fingerprint density at radius 1 is 1.22 bits per heavy atom. The first kappa shape index (κ1) is 32.6. The van der Waals surface area contributed by atoms with E-state index >= 15 is 0 Å². The van der Waals surface area contributed by atoms with Crippen LogP contribution < -0.4 is 5.32 Å². The average Bonchev–Trinajstić information content (AvgIpc) is 3.28. The van der Waals surface area contributed by atoms with E-state index in [-0.39, 0.29) is 5.41 Å². The molecule has 0 aromatic carbocycles. The van der Waals surface area contributed by atoms with Gasteiger partial charge in [-0.15, -0.1) is 23.1 Å². The number of piperidine rings is 1. The Morgan fingerprint density at radius 2 is 1.93 bits per heavy atom. The quantitative estimate of drug-likeness (QED) is 0.108. The molecule has 1 aliphatic heterocycles. The summed E-state index contributed by atoms with van der Waals surface area (Å²) in [5, 5.41) is 9.92. The van der Waals surface area contributed by atoms with Gasteiger partial charge in [-0.3, -0.25) is 9.79 Å². The minimum absolute atomic E-state index is 0.239. The number of rotatable bonds is 9. The summed E-state index contributed by atoms with van der Waals surface area (Å²) in [4.78, 5) is 30.7. The van der Waals surface area contributed by atoms with Gasteiger partial charge in [-0.05, 0) is 88.5 Å². The number of oxime groups is 1. The first-order valence-corrected chi connectivity index (χ1v) is 15.2. The number of amides is 1. The van der Waals surface area contributed by atoms with Crippen molar-refractivity contribution in [2.45, 2.75) is 65.5 Å². The number of alkyl halides is 3. The maximum absolute atomic E-state index is 11.9. The monoisotopic (exact) mass is 610 g/mol. The third-order valence-corrected chi connectivity index (χ3v) is 8.86. The number of carbonyl (C=O) groups is 1. The van der Waals surface area contributed by atoms with Crippen molar-refractivity contribution in [2.75, 3.05) is 30.9 Å². The van der Waals surface area contributed by atoms with Gasteiger partial charge in [0.25, 0.3) is 0 Å². The predicted octanol–water partition coefficient (Wildman–Crippen LogP) is 7.00. The number of likely N-dealkylation sites (tertiary alicyclic amines) is 1. The number of pyridine rings is 1. The molecule has 8 nitrogen and oxygen atoms in total. The molecule has 224 valence electrons. The van der Waals surface area contributed by atoms with Crippen molar-refractivity contribution < 1.29 is 22.8 Å². The van der Waals surface area contributed by atoms with Crippen molar-refractivity contribution in [3.63, 3.8) is 0 Å². The van der Waals surface area contributed by atoms with Crippen LogP contribution in [0.25, 0.3) is 5.70 Å². The van der Waals surface area contributed by atoms with Gasteiger partial charge >= 0.3 is 6.18 Å². The van der Waals surface area contributed by atoms with E-state index in [1.165, 1.54) is 0 Å². The van der Waals surface area contributed by atoms with Gasteiger partial charge in [-0.2, -0.15) is 13.2 Å². The Hall–Kier alpha value is -2.93. The van der Waals surface area contributed by atoms with Crippen molar-refractivity contribution in [3.05, 3.63) is 44.9 Å². The van der Waals surface area contributed by atoms with E-state index in [1.807, 2.05) is 44.5 Å². The molecule has 1 N–H and O–H groups in total. The number of thiazole rings is 1. The SMILES string of the molecule is C=N/C(=C\SCNc1ccc(C)cn1)c1sc(C)nc1C.O=CN1CCC2(CCC(=NOCC(F)(F)F)CC2)CC1. The van der Waals surface area contributed by atoms with Gasteiger partial charge in [0, 0.05) is 19.3 Å². The number of aromatic nitrogens is 2. The van der Waals surface area contributed by atoms with Gasteiger partial charge in [0.05, 0.1) is 32.9 Å². The molecular formula is C28H37F3N6O2S2. The molecule has 0 radical (unpaired) electrons. The highest BCUT2D eigenvalue weighted by Crippen LogP contribution is 2.43. The molecule has 0 atom stereocenters. The Bertz CT molecular complexity index is 1190. The molecule has 1 spiro atoms. The third-order valence-electron chi connectivity index (χ3n) is 7.07. The second-order valence-electron chi connectivity index (χ2n) is 10.2. The average molecular weight is 611 g/mol. The van der Waals surface area contributed by atoms with Crippen LogP contribution in [0.15, 0.2) is 33.9 Å². The summed E-state index contributed by atoms with van der Waals surface area (Å²) in [5.41, 5.74) is 3.99. The van der Waals surface area contributed by atoms with E-state index in [0.29, 0.717) is 12.8 Å². The Kier molecular flexibility index (Phi) is 12.2. The van der Waals surface area contributed by atoms with Crippen LogP contribution in [0.1, 0.15) is 59.7 Å². The molecule has 0 unspecified atom stereocenters. The molecule has 1 amide bonds. The molecule has 0 bridgehead atoms. The number of hydrogen-bond acceptors (Lipinski definition) is 9. The molecule has 1 saturated heterocycles. The number of halogens is 3. The second kappa shape index (κ2) is 15.3. The van der Waals surface area contributed by atoms with Crippen molar-refractivity contribution >= 4 is 53.5 Å². The highest BCUT2D eigenvalue weighted by molar-refractivity contribution is 8.02. The molecule has 1 aliphatic carbocycles. The minimum atomic E-state index is -4.33. The summed E-state index contributed by atoms with van der Waals surface area (Å²) in [6.07, 6.45) is 3.59. The third kappa shape index (κ3) is 10.8. The van der Waals surface area contributed by atoms with Crippen LogP contribution >= 0.6 is 23.1 Å². The first-order chi connectivity index (χ1) is 19.5. The number of thioether (sulfide) groups is 1. The summed E-state index contributed by atoms with van der Waals surface area (Å²) in [6, 6.07) is 4.01. The molecular weight excluding hydrogens is 573 g/mol. The highest BCUT2D eigenvalue weighted by Gasteiger charge is 2.37. The van der Waals surface area contributed by atoms with E-state index in [9.17, 15) is 18.0 Å². The smallest absolute Gasteiger partial charge is 0.386 e. The molecule has 2 aromatic rings. The number of nitrogens with zero attached hydrogens (tertiary/aromatic N) is 5. The fraction of sp³-hybridized carbons (Fsp3) is 0.536. The maximum Gasteiger partial charge on any atom is 0.425 e. The lowest BCUT2D eigenvalue weighted by Crippen LogP contribution is -2.41. The van der Waals surface area contributed by atoms with Crippen molar-refractivity contribution in [2.24, 2.45) is 15.6 Å². The summed E-state index contributed by atoms with van der Waals surface area (Å²) in [7, 11) is 0. The number of anilines is 1. The second-order valence-corrected chi connectivity index (χ2v) is 12.3. The van der Waals surface area contributed by atoms with E-state index in [0.717, 1.165) is 89.4 Å². The fourth-order valence-electron chi connectivity index (χ4n) is 4.70. The van der Waals surface area contributed by atoms with E-state index < -0.39 is 12.8 Å². The van der Waals surface area contributed by atoms with Crippen LogP contribution in [0.5, 0.6) is 0 Å². The topological polar surface area (TPSA) is 92.1 Å². The summed E-state index contributed by atoms with van der Waals surface area (Å²) in [5.74, 6) is 1.60. The Morgan fingerprint density at radius 3 is 2.46 bits per heavy atom. The summed E-state index contributed by atoms with van der Waals surface area (Å²) >= 11 is 3.27. The normalized spacial score (nSPS) is 17.0. The summed E-state index contributed by atoms with van der Waals surface area (Å²) in [6.45, 7) is 9.90. The van der Waals surface area contributed by atoms with Crippen LogP contribution in [-0.4, -0.2) is 65.5 Å². The van der Waals surface area contributed by atoms with Crippen molar-refractivity contribution in [1.82, 2.24) is 14.9 Å². The number of hydrogen-bond donors (Lipinski definition) is 1. The maximum atomic E-state index is 11.9. The fourth-order valence-corrected chi connectivity index (χ4v) is 6.34. The summed E-state index contributed by atoms with van der Waals surface area (Å²) < 4.78 is 35.8. The first-order valence-electron chi connectivity index (χ1n) is 13.4. The molecule has 2 fully saturated rings. The van der Waals surface area contributed by atoms with Gasteiger partial charge in [-0.25, -0.2) is 9.97 Å². The van der Waals surface area contributed by atoms with Gasteiger partial charge in [-0.1, -0.05) is 11.2 Å². The van der Waals surface area contributed by atoms with Gasteiger partial charge < -0.3 is 15.1 Å². The molecule has 4 rings (SSSR count). The zero-order valence-electron chi connectivity index (χ0n) is 23.7. The largest absolute Gasteiger partial charge is 0.425 e. The molecule has 2 aliphatic rings. The molecule has 13 heteroatoms. The van der Waals surface area contributed by atoms with Gasteiger partial charge in [0.1, 0.15) is 5.82 Å². The minimum Gasteiger partial charge on any atom is -0.386 e. The van der Waals surface area contributed by atoms with Crippen molar-refractivity contribution in [3.8, 4) is 0 Å². The number of aryl methyl sites for hydroxylation is 3. The van der Waals surface area contributed by atoms with Crippen LogP contribution in [0, 0.1) is 26.2 Å². The number of aliphatic imine (C=N–C) groups is 1. The lowest BCUT2D eigenvalue weighted by atomic mass is 9.68. The zero-order valence-corrected chi connectivity index (χ0v) is 25.3. The Labute approximate surface area is 247 Å². The zero-order chi connectivity index (χ0) is 29.9. The molecule has 1 saturated carbocycles. The van der Waals surface area contributed by atoms with Crippen molar-refractivity contribution in [1.29, 1.82) is 0 Å². The molecule has 41 heavy (non-hydrogen) atoms. The van der Waals surface area contributed by atoms with E-state index in [2.05, 4.69) is 37.0 Å². The van der Waals surface area contributed by atoms with E-state index in [1.54, 1.807) is 28.0 Å². The van der Waals surface area contributed by atoms with Crippen LogP contribution in [0.4, 0.5) is 19.0 Å². The van der Waals surface area contributed by atoms with Crippen LogP contribution in [0.3, 0.4) is 0 Å². The van der Waals surface area contributed by atoms with Crippen LogP contribution in [-0.2, 0) is 9.63 Å².